The summed E-state index contributed by atoms with van der Waals surface area (Å²) in [6.45, 7) is 3.39. The van der Waals surface area contributed by atoms with E-state index in [2.05, 4.69) is 0 Å². The number of nitrogens with zero attached hydrogens (tertiary/aromatic N) is 1. The van der Waals surface area contributed by atoms with Crippen LogP contribution in [-0.2, 0) is 0 Å². The summed E-state index contributed by atoms with van der Waals surface area (Å²) in [4.78, 5) is 13.4. The van der Waals surface area contributed by atoms with Crippen LogP contribution in [-0.4, -0.2) is 37.9 Å². The number of carboxylic acid groups (broad SMARTS) is 1. The van der Waals surface area contributed by atoms with Gasteiger partial charge in [0, 0.05) is 13.6 Å². The molecule has 104 valence electrons. The maximum Gasteiger partial charge on any atom is 0.343 e. The monoisotopic (exact) mass is 285 g/mol. The molecule has 0 atom stereocenters. The normalized spacial score (nSPS) is 14.4. The Labute approximate surface area is 116 Å². The summed E-state index contributed by atoms with van der Waals surface area (Å²) >= 11 is 6.14. The molecule has 0 unspecified atom stereocenters. The van der Waals surface area contributed by atoms with Gasteiger partial charge in [0.05, 0.1) is 23.9 Å². The van der Waals surface area contributed by atoms with Gasteiger partial charge in [-0.1, -0.05) is 11.6 Å². The van der Waals surface area contributed by atoms with E-state index in [1.54, 1.807) is 13.0 Å². The van der Waals surface area contributed by atoms with E-state index in [1.165, 1.54) is 0 Å². The summed E-state index contributed by atoms with van der Waals surface area (Å²) in [5.41, 5.74) is 0.682. The zero-order valence-electron chi connectivity index (χ0n) is 10.9. The Kier molecular flexibility index (Phi) is 4.04. The van der Waals surface area contributed by atoms with Crippen molar-refractivity contribution in [2.75, 3.05) is 31.7 Å². The number of carboxylic acids is 1. The minimum absolute atomic E-state index is 0.00176. The van der Waals surface area contributed by atoms with Crippen LogP contribution in [0, 0.1) is 0 Å². The predicted octanol–water partition coefficient (Wildman–Crippen LogP) is 2.66. The van der Waals surface area contributed by atoms with Gasteiger partial charge in [0.2, 0.25) is 0 Å². The first-order valence-electron chi connectivity index (χ1n) is 6.12. The fourth-order valence-electron chi connectivity index (χ4n) is 2.11. The maximum absolute atomic E-state index is 11.5. The minimum atomic E-state index is -1.10. The molecule has 1 N–H and O–H groups in total. The van der Waals surface area contributed by atoms with Crippen molar-refractivity contribution >= 4 is 23.3 Å². The van der Waals surface area contributed by atoms with E-state index in [1.807, 2.05) is 11.9 Å². The highest BCUT2D eigenvalue weighted by Gasteiger charge is 2.27. The van der Waals surface area contributed by atoms with Crippen molar-refractivity contribution in [3.63, 3.8) is 0 Å². The summed E-state index contributed by atoms with van der Waals surface area (Å²) in [5.74, 6) is -0.594. The van der Waals surface area contributed by atoms with Crippen molar-refractivity contribution in [1.29, 1.82) is 0 Å². The molecule has 2 rings (SSSR count). The van der Waals surface area contributed by atoms with Crippen LogP contribution in [0.3, 0.4) is 0 Å². The second-order valence-electron chi connectivity index (χ2n) is 4.27. The molecular formula is C13H16ClNO4. The van der Waals surface area contributed by atoms with Crippen LogP contribution in [0.4, 0.5) is 5.69 Å². The maximum atomic E-state index is 11.5. The lowest BCUT2D eigenvalue weighted by Crippen LogP contribution is -2.18. The van der Waals surface area contributed by atoms with E-state index < -0.39 is 5.97 Å². The Morgan fingerprint density at radius 1 is 1.63 bits per heavy atom. The van der Waals surface area contributed by atoms with Crippen LogP contribution in [0.5, 0.6) is 11.5 Å². The standard InChI is InChI=1S/C13H16ClNO4/c1-3-18-11-8(14)7-9-12(10(11)13(16)17)19-6-4-5-15(9)2/h7H,3-6H2,1-2H3,(H,16,17). The molecule has 0 saturated heterocycles. The first-order valence-corrected chi connectivity index (χ1v) is 6.50. The second-order valence-corrected chi connectivity index (χ2v) is 4.68. The Bertz CT molecular complexity index is 504. The molecule has 1 aliphatic rings. The first-order chi connectivity index (χ1) is 9.06. The topological polar surface area (TPSA) is 59.0 Å². The van der Waals surface area contributed by atoms with Gasteiger partial charge in [-0.2, -0.15) is 0 Å². The summed E-state index contributed by atoms with van der Waals surface area (Å²) in [5, 5.41) is 9.70. The smallest absolute Gasteiger partial charge is 0.343 e. The van der Waals surface area contributed by atoms with Gasteiger partial charge in [-0.05, 0) is 19.4 Å². The lowest BCUT2D eigenvalue weighted by molar-refractivity contribution is 0.0688. The molecule has 0 amide bonds. The number of hydrogen-bond donors (Lipinski definition) is 1. The Morgan fingerprint density at radius 3 is 3.00 bits per heavy atom. The van der Waals surface area contributed by atoms with Gasteiger partial charge >= 0.3 is 5.97 Å². The summed E-state index contributed by atoms with van der Waals surface area (Å²) in [7, 11) is 1.88. The molecule has 6 heteroatoms. The van der Waals surface area contributed by atoms with Crippen LogP contribution >= 0.6 is 11.6 Å². The number of halogens is 1. The lowest BCUT2D eigenvalue weighted by atomic mass is 10.1. The second kappa shape index (κ2) is 5.57. The summed E-state index contributed by atoms with van der Waals surface area (Å²) < 4.78 is 11.0. The average Bonchev–Trinajstić information content (AvgIpc) is 2.53. The predicted molar refractivity (Wildman–Crippen MR) is 73.0 cm³/mol. The third-order valence-corrected chi connectivity index (χ3v) is 3.25. The van der Waals surface area contributed by atoms with Crippen molar-refractivity contribution in [2.24, 2.45) is 0 Å². The number of ether oxygens (including phenoxy) is 2. The molecule has 19 heavy (non-hydrogen) atoms. The molecule has 1 aromatic carbocycles. The molecule has 0 fully saturated rings. The first kappa shape index (κ1) is 13.8. The van der Waals surface area contributed by atoms with Crippen LogP contribution in [0.2, 0.25) is 5.02 Å². The molecule has 0 aromatic heterocycles. The van der Waals surface area contributed by atoms with Crippen molar-refractivity contribution in [3.8, 4) is 11.5 Å². The molecule has 0 bridgehead atoms. The quantitative estimate of drug-likeness (QED) is 0.925. The van der Waals surface area contributed by atoms with Crippen LogP contribution in [0.1, 0.15) is 23.7 Å². The third kappa shape index (κ3) is 2.56. The SMILES string of the molecule is CCOc1c(Cl)cc2c(c1C(=O)O)OCCCN2C. The fourth-order valence-corrected chi connectivity index (χ4v) is 2.36. The number of benzene rings is 1. The number of carbonyl (C=O) groups is 1. The Balaban J connectivity index is 2.67. The van der Waals surface area contributed by atoms with Crippen molar-refractivity contribution in [1.82, 2.24) is 0 Å². The van der Waals surface area contributed by atoms with E-state index >= 15 is 0 Å². The number of hydrogen-bond acceptors (Lipinski definition) is 4. The molecule has 0 radical (unpaired) electrons. The number of rotatable bonds is 3. The molecular weight excluding hydrogens is 270 g/mol. The molecule has 5 nitrogen and oxygen atoms in total. The molecule has 0 saturated carbocycles. The van der Waals surface area contributed by atoms with Crippen LogP contribution < -0.4 is 14.4 Å². The summed E-state index contributed by atoms with van der Waals surface area (Å²) in [6.07, 6.45) is 0.825. The van der Waals surface area contributed by atoms with Crippen molar-refractivity contribution in [2.45, 2.75) is 13.3 Å². The van der Waals surface area contributed by atoms with E-state index in [9.17, 15) is 9.90 Å². The molecule has 1 aliphatic heterocycles. The van der Waals surface area contributed by atoms with Crippen LogP contribution in [0.25, 0.3) is 0 Å². The average molecular weight is 286 g/mol. The van der Waals surface area contributed by atoms with E-state index in [4.69, 9.17) is 21.1 Å². The molecule has 1 heterocycles. The highest BCUT2D eigenvalue weighted by Crippen LogP contribution is 2.44. The van der Waals surface area contributed by atoms with Crippen LogP contribution in [0.15, 0.2) is 6.07 Å². The Hall–Kier alpha value is -1.62. The van der Waals surface area contributed by atoms with Gasteiger partial charge in [0.1, 0.15) is 5.56 Å². The Morgan fingerprint density at radius 2 is 2.37 bits per heavy atom. The van der Waals surface area contributed by atoms with Gasteiger partial charge in [0.25, 0.3) is 0 Å². The molecule has 1 aromatic rings. The number of aromatic carboxylic acids is 1. The molecule has 0 aliphatic carbocycles. The van der Waals surface area contributed by atoms with Gasteiger partial charge in [-0.25, -0.2) is 4.79 Å². The van der Waals surface area contributed by atoms with Gasteiger partial charge in [-0.15, -0.1) is 0 Å². The highest BCUT2D eigenvalue weighted by molar-refractivity contribution is 6.33. The van der Waals surface area contributed by atoms with E-state index in [0.717, 1.165) is 13.0 Å². The molecule has 0 spiro atoms. The van der Waals surface area contributed by atoms with E-state index in [0.29, 0.717) is 24.7 Å². The van der Waals surface area contributed by atoms with Crippen molar-refractivity contribution < 1.29 is 19.4 Å². The zero-order chi connectivity index (χ0) is 14.0. The van der Waals surface area contributed by atoms with E-state index in [-0.39, 0.29) is 16.3 Å². The zero-order valence-corrected chi connectivity index (χ0v) is 11.7. The van der Waals surface area contributed by atoms with Crippen molar-refractivity contribution in [3.05, 3.63) is 16.7 Å². The largest absolute Gasteiger partial charge is 0.491 e. The van der Waals surface area contributed by atoms with Gasteiger partial charge in [-0.3, -0.25) is 0 Å². The third-order valence-electron chi connectivity index (χ3n) is 2.97. The number of fused-ring (bicyclic) bond motifs is 1. The van der Waals surface area contributed by atoms with Gasteiger partial charge < -0.3 is 19.5 Å². The summed E-state index contributed by atoms with van der Waals surface area (Å²) in [6, 6.07) is 1.69. The lowest BCUT2D eigenvalue weighted by Gasteiger charge is -2.21. The van der Waals surface area contributed by atoms with Gasteiger partial charge in [0.15, 0.2) is 11.5 Å². The highest BCUT2D eigenvalue weighted by atomic mass is 35.5. The fraction of sp³-hybridized carbons (Fsp3) is 0.462. The number of anilines is 1. The minimum Gasteiger partial charge on any atom is -0.491 e.